The summed E-state index contributed by atoms with van der Waals surface area (Å²) in [5.74, 6) is 0.398. The molecule has 5 heteroatoms. The van der Waals surface area contributed by atoms with Gasteiger partial charge in [0.2, 0.25) is 11.8 Å². The lowest BCUT2D eigenvalue weighted by Gasteiger charge is -2.30. The first kappa shape index (κ1) is 21.5. The molecular formula is C23H30N2O3. The van der Waals surface area contributed by atoms with E-state index in [4.69, 9.17) is 4.74 Å². The Morgan fingerprint density at radius 1 is 0.964 bits per heavy atom. The number of benzene rings is 2. The molecule has 0 bridgehead atoms. The molecule has 150 valence electrons. The summed E-state index contributed by atoms with van der Waals surface area (Å²) in [5, 5.41) is 2.96. The molecule has 1 atom stereocenters. The molecule has 0 spiro atoms. The van der Waals surface area contributed by atoms with E-state index >= 15 is 0 Å². The first-order chi connectivity index (χ1) is 13.4. The minimum Gasteiger partial charge on any atom is -0.497 e. The second-order valence-electron chi connectivity index (χ2n) is 7.17. The quantitative estimate of drug-likeness (QED) is 0.723. The number of amides is 2. The Kier molecular flexibility index (Phi) is 8.05. The first-order valence-corrected chi connectivity index (χ1v) is 9.67. The number of nitrogens with one attached hydrogen (secondary N) is 1. The highest BCUT2D eigenvalue weighted by Gasteiger charge is 2.27. The third-order valence-electron chi connectivity index (χ3n) is 4.69. The van der Waals surface area contributed by atoms with Gasteiger partial charge in [-0.2, -0.15) is 0 Å². The SMILES string of the molecule is COc1ccc(CN(C(=O)C(C)C)[C@@H](C)C(=O)NCCc2ccccc2)cc1. The van der Waals surface area contributed by atoms with Crippen LogP contribution in [0.1, 0.15) is 31.9 Å². The van der Waals surface area contributed by atoms with Crippen LogP contribution in [0.25, 0.3) is 0 Å². The van der Waals surface area contributed by atoms with Crippen molar-refractivity contribution in [3.63, 3.8) is 0 Å². The molecule has 2 aromatic rings. The van der Waals surface area contributed by atoms with Crippen LogP contribution in [-0.4, -0.2) is 36.4 Å². The zero-order chi connectivity index (χ0) is 20.5. The summed E-state index contributed by atoms with van der Waals surface area (Å²) in [7, 11) is 1.62. The minimum atomic E-state index is -0.548. The van der Waals surface area contributed by atoms with Crippen LogP contribution in [0.15, 0.2) is 54.6 Å². The maximum absolute atomic E-state index is 12.7. The van der Waals surface area contributed by atoms with Crippen molar-refractivity contribution in [3.8, 4) is 5.75 Å². The molecule has 0 fully saturated rings. The molecule has 28 heavy (non-hydrogen) atoms. The molecule has 0 aliphatic rings. The van der Waals surface area contributed by atoms with E-state index in [9.17, 15) is 9.59 Å². The number of carbonyl (C=O) groups is 2. The highest BCUT2D eigenvalue weighted by atomic mass is 16.5. The monoisotopic (exact) mass is 382 g/mol. The summed E-state index contributed by atoms with van der Waals surface area (Å²) in [6, 6.07) is 17.0. The minimum absolute atomic E-state index is 0.0403. The van der Waals surface area contributed by atoms with Gasteiger partial charge in [-0.05, 0) is 36.6 Å². The Balaban J connectivity index is 2.01. The molecule has 0 aliphatic carbocycles. The third kappa shape index (κ3) is 6.12. The van der Waals surface area contributed by atoms with Crippen molar-refractivity contribution in [3.05, 3.63) is 65.7 Å². The zero-order valence-electron chi connectivity index (χ0n) is 17.1. The molecular weight excluding hydrogens is 352 g/mol. The summed E-state index contributed by atoms with van der Waals surface area (Å²) < 4.78 is 5.18. The van der Waals surface area contributed by atoms with Gasteiger partial charge in [0.05, 0.1) is 7.11 Å². The van der Waals surface area contributed by atoms with Crippen LogP contribution < -0.4 is 10.1 Å². The van der Waals surface area contributed by atoms with Crippen molar-refractivity contribution < 1.29 is 14.3 Å². The highest BCUT2D eigenvalue weighted by Crippen LogP contribution is 2.16. The van der Waals surface area contributed by atoms with E-state index in [2.05, 4.69) is 5.32 Å². The number of carbonyl (C=O) groups excluding carboxylic acids is 2. The fourth-order valence-corrected chi connectivity index (χ4v) is 2.93. The molecule has 0 saturated heterocycles. The molecule has 0 unspecified atom stereocenters. The standard InChI is InChI=1S/C23H30N2O3/c1-17(2)23(27)25(16-20-10-12-21(28-4)13-11-20)18(3)22(26)24-15-14-19-8-6-5-7-9-19/h5-13,17-18H,14-16H2,1-4H3,(H,24,26)/t18-/m0/s1. The number of nitrogens with zero attached hydrogens (tertiary/aromatic N) is 1. The van der Waals surface area contributed by atoms with E-state index in [-0.39, 0.29) is 17.7 Å². The summed E-state index contributed by atoms with van der Waals surface area (Å²) in [5.41, 5.74) is 2.13. The van der Waals surface area contributed by atoms with Gasteiger partial charge in [0.15, 0.2) is 0 Å². The average molecular weight is 383 g/mol. The van der Waals surface area contributed by atoms with Gasteiger partial charge in [0.25, 0.3) is 0 Å². The predicted octanol–water partition coefficient (Wildman–Crippen LogP) is 3.43. The largest absolute Gasteiger partial charge is 0.497 e. The summed E-state index contributed by atoms with van der Waals surface area (Å²) >= 11 is 0. The van der Waals surface area contributed by atoms with Gasteiger partial charge in [0.1, 0.15) is 11.8 Å². The smallest absolute Gasteiger partial charge is 0.242 e. The molecule has 0 heterocycles. The van der Waals surface area contributed by atoms with Crippen molar-refractivity contribution >= 4 is 11.8 Å². The number of ether oxygens (including phenoxy) is 1. The molecule has 5 nitrogen and oxygen atoms in total. The van der Waals surface area contributed by atoms with E-state index < -0.39 is 6.04 Å². The maximum Gasteiger partial charge on any atom is 0.242 e. The summed E-state index contributed by atoms with van der Waals surface area (Å²) in [4.78, 5) is 27.0. The van der Waals surface area contributed by atoms with Gasteiger partial charge >= 0.3 is 0 Å². The summed E-state index contributed by atoms with van der Waals surface area (Å²) in [6.45, 7) is 6.40. The van der Waals surface area contributed by atoms with Crippen LogP contribution in [0.5, 0.6) is 5.75 Å². The lowest BCUT2D eigenvalue weighted by Crippen LogP contribution is -2.49. The van der Waals surface area contributed by atoms with E-state index in [0.29, 0.717) is 13.1 Å². The van der Waals surface area contributed by atoms with E-state index in [1.807, 2.05) is 68.4 Å². The second kappa shape index (κ2) is 10.5. The van der Waals surface area contributed by atoms with Crippen molar-refractivity contribution in [2.45, 2.75) is 39.8 Å². The first-order valence-electron chi connectivity index (χ1n) is 9.67. The Morgan fingerprint density at radius 3 is 2.18 bits per heavy atom. The molecule has 2 aromatic carbocycles. The Labute approximate surface area is 167 Å². The van der Waals surface area contributed by atoms with Crippen LogP contribution >= 0.6 is 0 Å². The molecule has 0 aliphatic heterocycles. The van der Waals surface area contributed by atoms with Gasteiger partial charge in [-0.15, -0.1) is 0 Å². The lowest BCUT2D eigenvalue weighted by molar-refractivity contribution is -0.143. The third-order valence-corrected chi connectivity index (χ3v) is 4.69. The number of hydrogen-bond donors (Lipinski definition) is 1. The van der Waals surface area contributed by atoms with Crippen LogP contribution in [0.3, 0.4) is 0 Å². The lowest BCUT2D eigenvalue weighted by atomic mass is 10.1. The van der Waals surface area contributed by atoms with Gasteiger partial charge in [-0.1, -0.05) is 56.3 Å². The molecule has 2 rings (SSSR count). The molecule has 1 N–H and O–H groups in total. The van der Waals surface area contributed by atoms with E-state index in [0.717, 1.165) is 17.7 Å². The Bertz CT molecular complexity index is 757. The van der Waals surface area contributed by atoms with Crippen molar-refractivity contribution in [1.29, 1.82) is 0 Å². The molecule has 0 saturated carbocycles. The van der Waals surface area contributed by atoms with E-state index in [1.165, 1.54) is 5.56 Å². The highest BCUT2D eigenvalue weighted by molar-refractivity contribution is 5.88. The number of hydrogen-bond acceptors (Lipinski definition) is 3. The van der Waals surface area contributed by atoms with E-state index in [1.54, 1.807) is 18.9 Å². The fraction of sp³-hybridized carbons (Fsp3) is 0.391. The number of rotatable bonds is 9. The maximum atomic E-state index is 12.7. The predicted molar refractivity (Wildman–Crippen MR) is 111 cm³/mol. The van der Waals surface area contributed by atoms with Crippen LogP contribution in [0, 0.1) is 5.92 Å². The topological polar surface area (TPSA) is 58.6 Å². The van der Waals surface area contributed by atoms with Crippen LogP contribution in [-0.2, 0) is 22.6 Å². The van der Waals surface area contributed by atoms with Crippen LogP contribution in [0.2, 0.25) is 0 Å². The van der Waals surface area contributed by atoms with Crippen molar-refractivity contribution in [2.24, 2.45) is 5.92 Å². The van der Waals surface area contributed by atoms with Crippen molar-refractivity contribution in [1.82, 2.24) is 10.2 Å². The Hall–Kier alpha value is -2.82. The Morgan fingerprint density at radius 2 is 1.61 bits per heavy atom. The fourth-order valence-electron chi connectivity index (χ4n) is 2.93. The normalized spacial score (nSPS) is 11.8. The second-order valence-corrected chi connectivity index (χ2v) is 7.17. The van der Waals surface area contributed by atoms with Crippen LogP contribution in [0.4, 0.5) is 0 Å². The van der Waals surface area contributed by atoms with Gasteiger partial charge < -0.3 is 15.0 Å². The van der Waals surface area contributed by atoms with Crippen molar-refractivity contribution in [2.75, 3.05) is 13.7 Å². The summed E-state index contributed by atoms with van der Waals surface area (Å²) in [6.07, 6.45) is 0.760. The average Bonchev–Trinajstić information content (AvgIpc) is 2.72. The number of methoxy groups -OCH3 is 1. The van der Waals surface area contributed by atoms with Gasteiger partial charge in [0, 0.05) is 19.0 Å². The molecule has 2 amide bonds. The molecule has 0 radical (unpaired) electrons. The van der Waals surface area contributed by atoms with Gasteiger partial charge in [-0.25, -0.2) is 0 Å². The molecule has 0 aromatic heterocycles. The van der Waals surface area contributed by atoms with Gasteiger partial charge in [-0.3, -0.25) is 9.59 Å². The zero-order valence-corrected chi connectivity index (χ0v) is 17.1.